The van der Waals surface area contributed by atoms with Gasteiger partial charge in [0.05, 0.1) is 12.5 Å². The normalized spacial score (nSPS) is 21.5. The fraction of sp³-hybridized carbons (Fsp3) is 0.739. The molecule has 1 amide bonds. The Kier molecular flexibility index (Phi) is 8.38. The number of rotatable bonds is 6. The number of aryl methyl sites for hydroxylation is 2. The van der Waals surface area contributed by atoms with Gasteiger partial charge in [0.2, 0.25) is 15.9 Å². The van der Waals surface area contributed by atoms with Gasteiger partial charge >= 0.3 is 5.97 Å². The van der Waals surface area contributed by atoms with Gasteiger partial charge in [-0.1, -0.05) is 32.1 Å². The number of sulfonamides is 1. The highest BCUT2D eigenvalue weighted by Crippen LogP contribution is 2.31. The fourth-order valence-electron chi connectivity index (χ4n) is 4.95. The number of carbonyl (C=O) groups excluding carboxylic acids is 2. The van der Waals surface area contributed by atoms with Crippen LogP contribution in [0.4, 0.5) is 0 Å². The van der Waals surface area contributed by atoms with Gasteiger partial charge in [-0.05, 0) is 46.5 Å². The Morgan fingerprint density at radius 1 is 1.03 bits per heavy atom. The summed E-state index contributed by atoms with van der Waals surface area (Å²) in [5.41, 5.74) is 0.937. The molecule has 1 saturated carbocycles. The number of aromatic nitrogens is 1. The Morgan fingerprint density at radius 3 is 2.34 bits per heavy atom. The first-order valence-corrected chi connectivity index (χ1v) is 13.4. The lowest BCUT2D eigenvalue weighted by Gasteiger charge is -2.32. The zero-order chi connectivity index (χ0) is 23.3. The number of esters is 1. The molecule has 180 valence electrons. The lowest BCUT2D eigenvalue weighted by molar-refractivity contribution is -0.126. The molecule has 1 aliphatic carbocycles. The molecule has 1 aromatic rings. The minimum atomic E-state index is -3.95. The summed E-state index contributed by atoms with van der Waals surface area (Å²) in [5.74, 6) is -1.08. The first kappa shape index (κ1) is 24.8. The number of hydrogen-bond donors (Lipinski definition) is 2. The Labute approximate surface area is 191 Å². The van der Waals surface area contributed by atoms with Crippen molar-refractivity contribution in [3.05, 3.63) is 17.0 Å². The van der Waals surface area contributed by atoms with Crippen LogP contribution in [-0.2, 0) is 19.6 Å². The van der Waals surface area contributed by atoms with Crippen LogP contribution in [-0.4, -0.2) is 55.3 Å². The Bertz CT molecular complexity index is 916. The second kappa shape index (κ2) is 10.8. The highest BCUT2D eigenvalue weighted by molar-refractivity contribution is 7.89. The zero-order valence-corrected chi connectivity index (χ0v) is 20.4. The van der Waals surface area contributed by atoms with E-state index in [0.29, 0.717) is 30.8 Å². The van der Waals surface area contributed by atoms with Gasteiger partial charge in [0.1, 0.15) is 10.5 Å². The molecule has 8 nitrogen and oxygen atoms in total. The number of ether oxygens (including phenoxy) is 1. The van der Waals surface area contributed by atoms with Crippen molar-refractivity contribution in [2.75, 3.05) is 19.7 Å². The molecule has 2 aliphatic rings. The van der Waals surface area contributed by atoms with E-state index in [2.05, 4.69) is 10.3 Å². The van der Waals surface area contributed by atoms with Crippen molar-refractivity contribution >= 4 is 21.9 Å². The van der Waals surface area contributed by atoms with Gasteiger partial charge in [-0.2, -0.15) is 4.31 Å². The second-order valence-electron chi connectivity index (χ2n) is 9.05. The molecule has 2 heterocycles. The molecule has 1 saturated heterocycles. The van der Waals surface area contributed by atoms with Gasteiger partial charge in [-0.3, -0.25) is 4.79 Å². The van der Waals surface area contributed by atoms with Gasteiger partial charge in [0, 0.05) is 30.5 Å². The fourth-order valence-corrected chi connectivity index (χ4v) is 6.89. The SMILES string of the molecule is CCOC(=O)c1c(C)[nH]c(C)c1S(=O)(=O)N1CCCC(C(=O)NC2CCCCCCC2)C1. The summed E-state index contributed by atoms with van der Waals surface area (Å²) in [7, 11) is -3.95. The quantitative estimate of drug-likeness (QED) is 0.623. The number of carbonyl (C=O) groups is 2. The number of amides is 1. The monoisotopic (exact) mass is 467 g/mol. The van der Waals surface area contributed by atoms with Gasteiger partial charge in [0.15, 0.2) is 0 Å². The van der Waals surface area contributed by atoms with Gasteiger partial charge in [-0.15, -0.1) is 0 Å². The third-order valence-electron chi connectivity index (χ3n) is 6.60. The summed E-state index contributed by atoms with van der Waals surface area (Å²) in [6.45, 7) is 5.62. The van der Waals surface area contributed by atoms with E-state index in [4.69, 9.17) is 4.74 Å². The van der Waals surface area contributed by atoms with E-state index in [0.717, 1.165) is 25.7 Å². The Balaban J connectivity index is 1.76. The van der Waals surface area contributed by atoms with Gasteiger partial charge < -0.3 is 15.0 Å². The molecule has 0 bridgehead atoms. The maximum absolute atomic E-state index is 13.6. The van der Waals surface area contributed by atoms with Crippen molar-refractivity contribution < 1.29 is 22.7 Å². The lowest BCUT2D eigenvalue weighted by atomic mass is 9.94. The molecule has 2 fully saturated rings. The maximum Gasteiger partial charge on any atom is 0.341 e. The first-order chi connectivity index (χ1) is 15.3. The molecule has 0 radical (unpaired) electrons. The smallest absolute Gasteiger partial charge is 0.341 e. The minimum absolute atomic E-state index is 0.0328. The van der Waals surface area contributed by atoms with Crippen LogP contribution in [0.3, 0.4) is 0 Å². The van der Waals surface area contributed by atoms with Gasteiger partial charge in [0.25, 0.3) is 0 Å². The third-order valence-corrected chi connectivity index (χ3v) is 8.64. The van der Waals surface area contributed by atoms with Crippen molar-refractivity contribution in [3.8, 4) is 0 Å². The molecule has 0 aromatic carbocycles. The van der Waals surface area contributed by atoms with E-state index in [1.165, 1.54) is 23.6 Å². The van der Waals surface area contributed by atoms with E-state index >= 15 is 0 Å². The van der Waals surface area contributed by atoms with E-state index in [9.17, 15) is 18.0 Å². The molecular weight excluding hydrogens is 430 g/mol. The van der Waals surface area contributed by atoms with Crippen molar-refractivity contribution in [2.45, 2.75) is 89.5 Å². The maximum atomic E-state index is 13.6. The number of H-pyrrole nitrogens is 1. The highest BCUT2D eigenvalue weighted by Gasteiger charge is 2.38. The molecule has 1 atom stereocenters. The second-order valence-corrected chi connectivity index (χ2v) is 10.9. The van der Waals surface area contributed by atoms with Gasteiger partial charge in [-0.25, -0.2) is 13.2 Å². The predicted molar refractivity (Wildman–Crippen MR) is 122 cm³/mol. The molecule has 1 unspecified atom stereocenters. The summed E-state index contributed by atoms with van der Waals surface area (Å²) < 4.78 is 33.6. The van der Waals surface area contributed by atoms with Crippen LogP contribution in [0.1, 0.15) is 86.5 Å². The van der Waals surface area contributed by atoms with Crippen LogP contribution in [0.2, 0.25) is 0 Å². The Hall–Kier alpha value is -1.87. The molecule has 1 aliphatic heterocycles. The van der Waals surface area contributed by atoms with Crippen molar-refractivity contribution in [3.63, 3.8) is 0 Å². The largest absolute Gasteiger partial charge is 0.462 e. The average Bonchev–Trinajstić information content (AvgIpc) is 3.04. The summed E-state index contributed by atoms with van der Waals surface area (Å²) in [5, 5.41) is 3.19. The van der Waals surface area contributed by atoms with Crippen LogP contribution in [0.5, 0.6) is 0 Å². The summed E-state index contributed by atoms with van der Waals surface area (Å²) in [4.78, 5) is 28.4. The van der Waals surface area contributed by atoms with E-state index in [-0.39, 0.29) is 41.5 Å². The van der Waals surface area contributed by atoms with Crippen LogP contribution >= 0.6 is 0 Å². The summed E-state index contributed by atoms with van der Waals surface area (Å²) in [6, 6.07) is 0.180. The predicted octanol–water partition coefficient (Wildman–Crippen LogP) is 3.44. The molecule has 2 N–H and O–H groups in total. The van der Waals surface area contributed by atoms with Crippen LogP contribution < -0.4 is 5.32 Å². The molecule has 32 heavy (non-hydrogen) atoms. The highest BCUT2D eigenvalue weighted by atomic mass is 32.2. The molecular formula is C23H37N3O5S. The molecule has 3 rings (SSSR count). The summed E-state index contributed by atoms with van der Waals surface area (Å²) >= 11 is 0. The topological polar surface area (TPSA) is 109 Å². The number of piperidine rings is 1. The Morgan fingerprint density at radius 2 is 1.69 bits per heavy atom. The van der Waals surface area contributed by atoms with E-state index in [1.807, 2.05) is 0 Å². The number of nitrogens with zero attached hydrogens (tertiary/aromatic N) is 1. The van der Waals surface area contributed by atoms with Crippen LogP contribution in [0.25, 0.3) is 0 Å². The minimum Gasteiger partial charge on any atom is -0.462 e. The first-order valence-electron chi connectivity index (χ1n) is 11.9. The van der Waals surface area contributed by atoms with E-state index < -0.39 is 16.0 Å². The lowest BCUT2D eigenvalue weighted by Crippen LogP contribution is -2.47. The molecule has 9 heteroatoms. The number of aromatic amines is 1. The summed E-state index contributed by atoms with van der Waals surface area (Å²) in [6.07, 6.45) is 9.19. The zero-order valence-electron chi connectivity index (χ0n) is 19.5. The van der Waals surface area contributed by atoms with Crippen LogP contribution in [0.15, 0.2) is 4.90 Å². The van der Waals surface area contributed by atoms with Crippen LogP contribution in [0, 0.1) is 19.8 Å². The average molecular weight is 468 g/mol. The number of hydrogen-bond acceptors (Lipinski definition) is 5. The third kappa shape index (κ3) is 5.54. The standard InChI is InChI=1S/C23H37N3O5S/c1-4-31-23(28)20-16(2)24-17(3)21(20)32(29,30)26-14-10-11-18(15-26)22(27)25-19-12-8-6-5-7-9-13-19/h18-19,24H,4-15H2,1-3H3,(H,25,27). The van der Waals surface area contributed by atoms with E-state index in [1.54, 1.807) is 20.8 Å². The molecule has 1 aromatic heterocycles. The van der Waals surface area contributed by atoms with Crippen molar-refractivity contribution in [1.82, 2.24) is 14.6 Å². The number of nitrogens with one attached hydrogen (secondary N) is 2. The van der Waals surface area contributed by atoms with Crippen molar-refractivity contribution in [1.29, 1.82) is 0 Å². The molecule has 0 spiro atoms. The van der Waals surface area contributed by atoms with Crippen molar-refractivity contribution in [2.24, 2.45) is 5.92 Å².